The van der Waals surface area contributed by atoms with Crippen molar-refractivity contribution in [2.45, 2.75) is 38.6 Å². The number of carbonyl (C=O) groups is 1. The van der Waals surface area contributed by atoms with Crippen LogP contribution in [0.15, 0.2) is 24.3 Å². The van der Waals surface area contributed by atoms with Crippen molar-refractivity contribution >= 4 is 5.91 Å². The zero-order valence-electron chi connectivity index (χ0n) is 11.9. The Morgan fingerprint density at radius 3 is 2.95 bits per heavy atom. The highest BCUT2D eigenvalue weighted by atomic mass is 16.2. The molecule has 1 atom stereocenters. The van der Waals surface area contributed by atoms with E-state index < -0.39 is 0 Å². The van der Waals surface area contributed by atoms with E-state index in [1.807, 2.05) is 31.2 Å². The highest BCUT2D eigenvalue weighted by Crippen LogP contribution is 2.27. The Balaban J connectivity index is 1.98. The summed E-state index contributed by atoms with van der Waals surface area (Å²) < 4.78 is 0. The molecular formula is C17H21NO2. The Labute approximate surface area is 120 Å². The van der Waals surface area contributed by atoms with Crippen LogP contribution in [0.3, 0.4) is 0 Å². The van der Waals surface area contributed by atoms with Crippen molar-refractivity contribution in [3.63, 3.8) is 0 Å². The van der Waals surface area contributed by atoms with E-state index in [0.29, 0.717) is 6.42 Å². The minimum atomic E-state index is 0.00249. The van der Waals surface area contributed by atoms with Gasteiger partial charge in [-0.25, -0.2) is 0 Å². The highest BCUT2D eigenvalue weighted by molar-refractivity contribution is 5.79. The summed E-state index contributed by atoms with van der Waals surface area (Å²) in [7, 11) is 0. The maximum absolute atomic E-state index is 11.9. The summed E-state index contributed by atoms with van der Waals surface area (Å²) in [6.07, 6.45) is 3.69. The number of amides is 1. The molecule has 1 unspecified atom stereocenters. The van der Waals surface area contributed by atoms with Gasteiger partial charge >= 0.3 is 0 Å². The molecule has 2 rings (SSSR count). The van der Waals surface area contributed by atoms with Gasteiger partial charge in [0.05, 0.1) is 12.6 Å². The highest BCUT2D eigenvalue weighted by Gasteiger charge is 2.26. The number of benzene rings is 1. The first-order valence-electron chi connectivity index (χ1n) is 7.21. The number of hydrogen-bond donors (Lipinski definition) is 2. The Morgan fingerprint density at radius 1 is 1.50 bits per heavy atom. The summed E-state index contributed by atoms with van der Waals surface area (Å²) in [5.74, 6) is 6.30. The largest absolute Gasteiger partial charge is 0.395 e. The summed E-state index contributed by atoms with van der Waals surface area (Å²) in [4.78, 5) is 11.9. The number of rotatable bonds is 4. The third-order valence-corrected chi connectivity index (χ3v) is 3.69. The molecule has 0 bridgehead atoms. The molecule has 3 nitrogen and oxygen atoms in total. The van der Waals surface area contributed by atoms with E-state index in [4.69, 9.17) is 5.11 Å². The zero-order chi connectivity index (χ0) is 14.4. The molecule has 1 saturated carbocycles. The van der Waals surface area contributed by atoms with E-state index in [1.165, 1.54) is 6.42 Å². The molecule has 106 valence electrons. The van der Waals surface area contributed by atoms with Crippen molar-refractivity contribution in [3.05, 3.63) is 35.4 Å². The molecule has 3 heteroatoms. The molecule has 0 saturated heterocycles. The van der Waals surface area contributed by atoms with E-state index in [0.717, 1.165) is 24.0 Å². The lowest BCUT2D eigenvalue weighted by Gasteiger charge is -2.26. The van der Waals surface area contributed by atoms with Crippen LogP contribution in [0.4, 0.5) is 0 Å². The molecule has 2 N–H and O–H groups in total. The standard InChI is InChI=1S/C17H21NO2/c1-13(18-17(20)15-8-5-9-15)16-10-4-7-14(12-16)6-2-3-11-19/h4,7,10,12-13,15,19H,3,5,8-9,11H2,1H3,(H,18,20). The number of carbonyl (C=O) groups excluding carboxylic acids is 1. The van der Waals surface area contributed by atoms with Crippen LogP contribution in [0, 0.1) is 17.8 Å². The second kappa shape index (κ2) is 7.12. The van der Waals surface area contributed by atoms with Crippen LogP contribution in [0.1, 0.15) is 49.8 Å². The predicted octanol–water partition coefficient (Wildman–Crippen LogP) is 2.40. The number of aliphatic hydroxyl groups excluding tert-OH is 1. The Bertz CT molecular complexity index is 523. The molecule has 0 radical (unpaired) electrons. The van der Waals surface area contributed by atoms with Crippen molar-refractivity contribution in [2.75, 3.05) is 6.61 Å². The minimum absolute atomic E-state index is 0.00249. The second-order valence-electron chi connectivity index (χ2n) is 5.26. The summed E-state index contributed by atoms with van der Waals surface area (Å²) in [5, 5.41) is 11.8. The third kappa shape index (κ3) is 3.85. The van der Waals surface area contributed by atoms with Gasteiger partial charge in [-0.1, -0.05) is 30.4 Å². The lowest BCUT2D eigenvalue weighted by atomic mass is 9.84. The van der Waals surface area contributed by atoms with E-state index in [-0.39, 0.29) is 24.5 Å². The SMILES string of the molecule is CC(NC(=O)C1CCC1)c1cccc(C#CCCO)c1. The minimum Gasteiger partial charge on any atom is -0.395 e. The molecular weight excluding hydrogens is 250 g/mol. The smallest absolute Gasteiger partial charge is 0.223 e. The molecule has 20 heavy (non-hydrogen) atoms. The fraction of sp³-hybridized carbons (Fsp3) is 0.471. The van der Waals surface area contributed by atoms with Crippen molar-refractivity contribution in [2.24, 2.45) is 5.92 Å². The van der Waals surface area contributed by atoms with Crippen molar-refractivity contribution in [3.8, 4) is 11.8 Å². The van der Waals surface area contributed by atoms with Gasteiger partial charge in [-0.05, 0) is 37.5 Å². The van der Waals surface area contributed by atoms with Crippen molar-refractivity contribution in [1.29, 1.82) is 0 Å². The predicted molar refractivity (Wildman–Crippen MR) is 78.9 cm³/mol. The van der Waals surface area contributed by atoms with Crippen LogP contribution < -0.4 is 5.32 Å². The number of aliphatic hydroxyl groups is 1. The van der Waals surface area contributed by atoms with Gasteiger partial charge in [0.15, 0.2) is 0 Å². The Kier molecular flexibility index (Phi) is 5.20. The van der Waals surface area contributed by atoms with E-state index in [2.05, 4.69) is 17.2 Å². The monoisotopic (exact) mass is 271 g/mol. The van der Waals surface area contributed by atoms with Gasteiger partial charge in [0.2, 0.25) is 5.91 Å². The average Bonchev–Trinajstić information content (AvgIpc) is 2.37. The van der Waals surface area contributed by atoms with Gasteiger partial charge in [0.1, 0.15) is 0 Å². The molecule has 1 aliphatic carbocycles. The number of hydrogen-bond acceptors (Lipinski definition) is 2. The lowest BCUT2D eigenvalue weighted by molar-refractivity contribution is -0.128. The molecule has 1 fully saturated rings. The van der Waals surface area contributed by atoms with E-state index in [9.17, 15) is 4.79 Å². The van der Waals surface area contributed by atoms with Gasteiger partial charge < -0.3 is 10.4 Å². The summed E-state index contributed by atoms with van der Waals surface area (Å²) >= 11 is 0. The molecule has 0 aliphatic heterocycles. The first-order chi connectivity index (χ1) is 9.70. The van der Waals surface area contributed by atoms with Crippen molar-refractivity contribution < 1.29 is 9.90 Å². The van der Waals surface area contributed by atoms with Crippen LogP contribution in [-0.2, 0) is 4.79 Å². The van der Waals surface area contributed by atoms with Crippen LogP contribution in [0.5, 0.6) is 0 Å². The summed E-state index contributed by atoms with van der Waals surface area (Å²) in [5.41, 5.74) is 1.98. The van der Waals surface area contributed by atoms with Gasteiger partial charge in [-0.2, -0.15) is 0 Å². The molecule has 1 amide bonds. The molecule has 0 heterocycles. The van der Waals surface area contributed by atoms with Gasteiger partial charge in [-0.15, -0.1) is 0 Å². The average molecular weight is 271 g/mol. The molecule has 1 aliphatic rings. The molecule has 0 spiro atoms. The number of nitrogens with one attached hydrogen (secondary N) is 1. The van der Waals surface area contributed by atoms with Crippen LogP contribution in [0.25, 0.3) is 0 Å². The Hall–Kier alpha value is -1.79. The normalized spacial score (nSPS) is 15.7. The lowest BCUT2D eigenvalue weighted by Crippen LogP contribution is -2.35. The first-order valence-corrected chi connectivity index (χ1v) is 7.21. The van der Waals surface area contributed by atoms with Gasteiger partial charge in [0, 0.05) is 17.9 Å². The molecule has 0 aromatic heterocycles. The maximum Gasteiger partial charge on any atom is 0.223 e. The van der Waals surface area contributed by atoms with Crippen molar-refractivity contribution in [1.82, 2.24) is 5.32 Å². The summed E-state index contributed by atoms with van der Waals surface area (Å²) in [6.45, 7) is 2.08. The van der Waals surface area contributed by atoms with Crippen LogP contribution in [-0.4, -0.2) is 17.6 Å². The third-order valence-electron chi connectivity index (χ3n) is 3.69. The van der Waals surface area contributed by atoms with E-state index in [1.54, 1.807) is 0 Å². The van der Waals surface area contributed by atoms with E-state index >= 15 is 0 Å². The molecule has 1 aromatic carbocycles. The quantitative estimate of drug-likeness (QED) is 0.826. The Morgan fingerprint density at radius 2 is 2.30 bits per heavy atom. The maximum atomic E-state index is 11.9. The van der Waals surface area contributed by atoms with Crippen LogP contribution >= 0.6 is 0 Å². The fourth-order valence-corrected chi connectivity index (χ4v) is 2.19. The van der Waals surface area contributed by atoms with Gasteiger partial charge in [-0.3, -0.25) is 4.79 Å². The first kappa shape index (κ1) is 14.6. The van der Waals surface area contributed by atoms with Gasteiger partial charge in [0.25, 0.3) is 0 Å². The fourth-order valence-electron chi connectivity index (χ4n) is 2.19. The second-order valence-corrected chi connectivity index (χ2v) is 5.26. The topological polar surface area (TPSA) is 49.3 Å². The summed E-state index contributed by atoms with van der Waals surface area (Å²) in [6, 6.07) is 7.89. The van der Waals surface area contributed by atoms with Crippen LogP contribution in [0.2, 0.25) is 0 Å². The zero-order valence-corrected chi connectivity index (χ0v) is 11.9. The molecule has 1 aromatic rings.